The Morgan fingerprint density at radius 3 is 2.44 bits per heavy atom. The standard InChI is InChI=1S/C25H32Cl2N2O3/c1-6-17(4)28-25(31)22(7-2)29(14-19-11-12-20(26)13-21(19)27)24(30)15-32-23-10-8-9-16(3)18(23)5/h8-13,17,22H,6-7,14-15H2,1-5H3,(H,28,31)/t17-,22+/m1/s1. The highest BCUT2D eigenvalue weighted by atomic mass is 35.5. The van der Waals surface area contributed by atoms with Gasteiger partial charge < -0.3 is 15.0 Å². The van der Waals surface area contributed by atoms with Crippen molar-refractivity contribution in [3.8, 4) is 5.75 Å². The lowest BCUT2D eigenvalue weighted by Crippen LogP contribution is -2.51. The lowest BCUT2D eigenvalue weighted by atomic mass is 10.1. The van der Waals surface area contributed by atoms with Crippen LogP contribution in [0.25, 0.3) is 0 Å². The molecule has 0 heterocycles. The van der Waals surface area contributed by atoms with E-state index >= 15 is 0 Å². The molecule has 0 aliphatic rings. The smallest absolute Gasteiger partial charge is 0.261 e. The van der Waals surface area contributed by atoms with E-state index in [1.54, 1.807) is 18.2 Å². The van der Waals surface area contributed by atoms with Gasteiger partial charge in [0, 0.05) is 22.6 Å². The van der Waals surface area contributed by atoms with Crippen LogP contribution in [0.1, 0.15) is 50.3 Å². The molecule has 0 spiro atoms. The maximum atomic E-state index is 13.3. The minimum absolute atomic E-state index is 0.0128. The zero-order valence-electron chi connectivity index (χ0n) is 19.4. The molecule has 0 unspecified atom stereocenters. The second-order valence-electron chi connectivity index (χ2n) is 7.99. The second kappa shape index (κ2) is 12.1. The highest BCUT2D eigenvalue weighted by Gasteiger charge is 2.30. The van der Waals surface area contributed by atoms with E-state index < -0.39 is 6.04 Å². The van der Waals surface area contributed by atoms with Gasteiger partial charge in [-0.2, -0.15) is 0 Å². The molecule has 2 aromatic carbocycles. The summed E-state index contributed by atoms with van der Waals surface area (Å²) in [4.78, 5) is 27.8. The summed E-state index contributed by atoms with van der Waals surface area (Å²) in [6.45, 7) is 9.77. The number of halogens is 2. The molecule has 0 fully saturated rings. The van der Waals surface area contributed by atoms with Crippen LogP contribution >= 0.6 is 23.2 Å². The molecule has 2 amide bonds. The van der Waals surface area contributed by atoms with Crippen LogP contribution in [0.5, 0.6) is 5.75 Å². The molecule has 0 saturated heterocycles. The van der Waals surface area contributed by atoms with Crippen LogP contribution in [0.2, 0.25) is 10.0 Å². The minimum atomic E-state index is -0.648. The molecule has 0 saturated carbocycles. The van der Waals surface area contributed by atoms with E-state index in [1.807, 2.05) is 52.8 Å². The van der Waals surface area contributed by atoms with Crippen LogP contribution in [-0.4, -0.2) is 35.4 Å². The van der Waals surface area contributed by atoms with Crippen LogP contribution in [0.3, 0.4) is 0 Å². The molecule has 0 aliphatic heterocycles. The molecule has 5 nitrogen and oxygen atoms in total. The van der Waals surface area contributed by atoms with Gasteiger partial charge in [-0.25, -0.2) is 0 Å². The van der Waals surface area contributed by atoms with Crippen LogP contribution in [0.15, 0.2) is 36.4 Å². The number of benzene rings is 2. The normalized spacial score (nSPS) is 12.7. The van der Waals surface area contributed by atoms with Gasteiger partial charge in [-0.15, -0.1) is 0 Å². The molecule has 2 rings (SSSR count). The van der Waals surface area contributed by atoms with Crippen molar-refractivity contribution in [1.29, 1.82) is 0 Å². The summed E-state index contributed by atoms with van der Waals surface area (Å²) in [5, 5.41) is 3.95. The molecule has 7 heteroatoms. The first-order valence-electron chi connectivity index (χ1n) is 10.9. The zero-order chi connectivity index (χ0) is 23.8. The maximum absolute atomic E-state index is 13.3. The van der Waals surface area contributed by atoms with E-state index in [1.165, 1.54) is 4.90 Å². The van der Waals surface area contributed by atoms with Crippen LogP contribution in [-0.2, 0) is 16.1 Å². The fraction of sp³-hybridized carbons (Fsp3) is 0.440. The van der Waals surface area contributed by atoms with Gasteiger partial charge in [-0.3, -0.25) is 9.59 Å². The summed E-state index contributed by atoms with van der Waals surface area (Å²) in [6, 6.07) is 10.2. The zero-order valence-corrected chi connectivity index (χ0v) is 20.9. The van der Waals surface area contributed by atoms with Crippen molar-refractivity contribution in [3.63, 3.8) is 0 Å². The second-order valence-corrected chi connectivity index (χ2v) is 8.83. The van der Waals surface area contributed by atoms with Gasteiger partial charge in [-0.05, 0) is 68.5 Å². The van der Waals surface area contributed by atoms with E-state index in [4.69, 9.17) is 27.9 Å². The number of carbonyl (C=O) groups is 2. The molecule has 32 heavy (non-hydrogen) atoms. The van der Waals surface area contributed by atoms with Gasteiger partial charge in [0.1, 0.15) is 11.8 Å². The molecular formula is C25H32Cl2N2O3. The van der Waals surface area contributed by atoms with E-state index in [9.17, 15) is 9.59 Å². The molecule has 174 valence electrons. The monoisotopic (exact) mass is 478 g/mol. The van der Waals surface area contributed by atoms with Crippen molar-refractivity contribution in [3.05, 3.63) is 63.1 Å². The molecular weight excluding hydrogens is 447 g/mol. The van der Waals surface area contributed by atoms with Gasteiger partial charge >= 0.3 is 0 Å². The van der Waals surface area contributed by atoms with Crippen molar-refractivity contribution in [1.82, 2.24) is 10.2 Å². The number of ether oxygens (including phenoxy) is 1. The molecule has 0 aliphatic carbocycles. The third kappa shape index (κ3) is 6.88. The van der Waals surface area contributed by atoms with Crippen molar-refractivity contribution >= 4 is 35.0 Å². The first kappa shape index (κ1) is 26.0. The van der Waals surface area contributed by atoms with E-state index in [-0.39, 0.29) is 31.0 Å². The quantitative estimate of drug-likeness (QED) is 0.475. The Morgan fingerprint density at radius 2 is 1.81 bits per heavy atom. The largest absolute Gasteiger partial charge is 0.483 e. The summed E-state index contributed by atoms with van der Waals surface area (Å²) in [7, 11) is 0. The van der Waals surface area contributed by atoms with E-state index in [2.05, 4.69) is 5.32 Å². The average Bonchev–Trinajstić information content (AvgIpc) is 2.75. The lowest BCUT2D eigenvalue weighted by Gasteiger charge is -2.31. The predicted octanol–water partition coefficient (Wildman–Crippen LogP) is 5.71. The van der Waals surface area contributed by atoms with Crippen molar-refractivity contribution in [2.45, 2.75) is 66.1 Å². The molecule has 0 aromatic heterocycles. The number of hydrogen-bond acceptors (Lipinski definition) is 3. The first-order chi connectivity index (χ1) is 15.2. The van der Waals surface area contributed by atoms with E-state index in [0.717, 1.165) is 17.5 Å². The topological polar surface area (TPSA) is 58.6 Å². The first-order valence-corrected chi connectivity index (χ1v) is 11.7. The Hall–Kier alpha value is -2.24. The molecule has 2 aromatic rings. The van der Waals surface area contributed by atoms with Gasteiger partial charge in [0.25, 0.3) is 5.91 Å². The van der Waals surface area contributed by atoms with Crippen molar-refractivity contribution < 1.29 is 14.3 Å². The lowest BCUT2D eigenvalue weighted by molar-refractivity contribution is -0.143. The molecule has 2 atom stereocenters. The maximum Gasteiger partial charge on any atom is 0.261 e. The highest BCUT2D eigenvalue weighted by molar-refractivity contribution is 6.35. The predicted molar refractivity (Wildman–Crippen MR) is 130 cm³/mol. The Morgan fingerprint density at radius 1 is 1.09 bits per heavy atom. The summed E-state index contributed by atoms with van der Waals surface area (Å²) < 4.78 is 5.85. The Bertz CT molecular complexity index is 949. The van der Waals surface area contributed by atoms with Crippen molar-refractivity contribution in [2.24, 2.45) is 0 Å². The summed E-state index contributed by atoms with van der Waals surface area (Å²) in [6.07, 6.45) is 1.26. The number of nitrogens with zero attached hydrogens (tertiary/aromatic N) is 1. The minimum Gasteiger partial charge on any atom is -0.483 e. The van der Waals surface area contributed by atoms with Gasteiger partial charge in [-0.1, -0.05) is 55.2 Å². The van der Waals surface area contributed by atoms with Crippen LogP contribution in [0.4, 0.5) is 0 Å². The number of amides is 2. The summed E-state index contributed by atoms with van der Waals surface area (Å²) in [5.41, 5.74) is 2.78. The third-order valence-electron chi connectivity index (χ3n) is 5.65. The van der Waals surface area contributed by atoms with Crippen molar-refractivity contribution in [2.75, 3.05) is 6.61 Å². The Balaban J connectivity index is 2.29. The van der Waals surface area contributed by atoms with Gasteiger partial charge in [0.2, 0.25) is 5.91 Å². The SMILES string of the molecule is CC[C@@H](C)NC(=O)[C@H](CC)N(Cc1ccc(Cl)cc1Cl)C(=O)COc1cccc(C)c1C. The highest BCUT2D eigenvalue weighted by Crippen LogP contribution is 2.25. The fourth-order valence-corrected chi connectivity index (χ4v) is 3.77. The number of rotatable bonds is 10. The van der Waals surface area contributed by atoms with Crippen LogP contribution in [0, 0.1) is 13.8 Å². The molecule has 1 N–H and O–H groups in total. The number of aryl methyl sites for hydroxylation is 1. The number of hydrogen-bond donors (Lipinski definition) is 1. The van der Waals surface area contributed by atoms with Gasteiger partial charge in [0.05, 0.1) is 0 Å². The Labute approximate surface area is 201 Å². The van der Waals surface area contributed by atoms with Crippen LogP contribution < -0.4 is 10.1 Å². The number of nitrogens with one attached hydrogen (secondary N) is 1. The molecule has 0 bridgehead atoms. The van der Waals surface area contributed by atoms with Gasteiger partial charge in [0.15, 0.2) is 6.61 Å². The number of carbonyl (C=O) groups excluding carboxylic acids is 2. The average molecular weight is 479 g/mol. The van der Waals surface area contributed by atoms with E-state index in [0.29, 0.717) is 27.8 Å². The Kier molecular flexibility index (Phi) is 9.85. The summed E-state index contributed by atoms with van der Waals surface area (Å²) >= 11 is 12.4. The summed E-state index contributed by atoms with van der Waals surface area (Å²) in [5.74, 6) is 0.176. The third-order valence-corrected chi connectivity index (χ3v) is 6.24. The molecule has 0 radical (unpaired) electrons. The fourth-order valence-electron chi connectivity index (χ4n) is 3.30.